The number of thioether (sulfide) groups is 1. The summed E-state index contributed by atoms with van der Waals surface area (Å²) in [5, 5.41) is 6.65. The van der Waals surface area contributed by atoms with Gasteiger partial charge in [-0.2, -0.15) is 0 Å². The van der Waals surface area contributed by atoms with Gasteiger partial charge in [0.2, 0.25) is 0 Å². The first-order valence-corrected chi connectivity index (χ1v) is 10.5. The molecule has 0 aromatic heterocycles. The first-order chi connectivity index (χ1) is 11.8. The van der Waals surface area contributed by atoms with Gasteiger partial charge in [0.1, 0.15) is 0 Å². The van der Waals surface area contributed by atoms with E-state index in [9.17, 15) is 4.79 Å². The molecule has 5 aliphatic rings. The van der Waals surface area contributed by atoms with Crippen molar-refractivity contribution in [3.8, 4) is 0 Å². The molecular formula is C20H26N2OS. The maximum absolute atomic E-state index is 12.7. The van der Waals surface area contributed by atoms with E-state index >= 15 is 0 Å². The number of amides is 2. The second kappa shape index (κ2) is 5.98. The maximum Gasteiger partial charge on any atom is 0.315 e. The molecule has 1 heterocycles. The van der Waals surface area contributed by atoms with Gasteiger partial charge in [-0.25, -0.2) is 4.79 Å². The number of urea groups is 1. The Kier molecular flexibility index (Phi) is 3.77. The van der Waals surface area contributed by atoms with Crippen LogP contribution < -0.4 is 10.6 Å². The minimum Gasteiger partial charge on any atom is -0.335 e. The van der Waals surface area contributed by atoms with Crippen LogP contribution in [0.3, 0.4) is 0 Å². The van der Waals surface area contributed by atoms with E-state index in [1.165, 1.54) is 42.6 Å². The average molecular weight is 343 g/mol. The van der Waals surface area contributed by atoms with Crippen LogP contribution >= 0.6 is 11.8 Å². The number of fused-ring (bicyclic) bond motifs is 1. The van der Waals surface area contributed by atoms with Crippen LogP contribution in [0.5, 0.6) is 0 Å². The Bertz CT molecular complexity index is 618. The fourth-order valence-electron chi connectivity index (χ4n) is 6.00. The van der Waals surface area contributed by atoms with Crippen molar-refractivity contribution in [3.63, 3.8) is 0 Å². The molecule has 4 aliphatic carbocycles. The third-order valence-electron chi connectivity index (χ3n) is 6.79. The minimum atomic E-state index is 0.0548. The summed E-state index contributed by atoms with van der Waals surface area (Å²) < 4.78 is 0. The Morgan fingerprint density at radius 1 is 0.958 bits per heavy atom. The minimum absolute atomic E-state index is 0.0548. The summed E-state index contributed by atoms with van der Waals surface area (Å²) in [7, 11) is 0. The molecule has 6 rings (SSSR count). The fraction of sp³-hybridized carbons (Fsp3) is 0.650. The van der Waals surface area contributed by atoms with Gasteiger partial charge in [0.15, 0.2) is 0 Å². The number of hydrogen-bond acceptors (Lipinski definition) is 2. The lowest BCUT2D eigenvalue weighted by atomic mass is 9.54. The van der Waals surface area contributed by atoms with E-state index in [0.717, 1.165) is 35.8 Å². The van der Waals surface area contributed by atoms with E-state index in [-0.39, 0.29) is 12.1 Å². The average Bonchev–Trinajstić information content (AvgIpc) is 2.58. The van der Waals surface area contributed by atoms with Crippen molar-refractivity contribution in [2.24, 2.45) is 23.7 Å². The van der Waals surface area contributed by atoms with Crippen molar-refractivity contribution in [2.45, 2.75) is 55.5 Å². The molecule has 3 nitrogen and oxygen atoms in total. The Morgan fingerprint density at radius 3 is 2.42 bits per heavy atom. The topological polar surface area (TPSA) is 41.1 Å². The Labute approximate surface area is 148 Å². The van der Waals surface area contributed by atoms with Crippen LogP contribution in [0.25, 0.3) is 0 Å². The summed E-state index contributed by atoms with van der Waals surface area (Å²) in [6, 6.07) is 9.14. The number of hydrogen-bond donors (Lipinski definition) is 2. The van der Waals surface area contributed by atoms with Crippen molar-refractivity contribution in [2.75, 3.05) is 5.75 Å². The molecule has 0 radical (unpaired) electrons. The third-order valence-corrected chi connectivity index (χ3v) is 7.91. The molecule has 0 saturated heterocycles. The van der Waals surface area contributed by atoms with Gasteiger partial charge in [0.25, 0.3) is 0 Å². The van der Waals surface area contributed by atoms with Gasteiger partial charge < -0.3 is 10.6 Å². The van der Waals surface area contributed by atoms with Crippen molar-refractivity contribution >= 4 is 17.8 Å². The molecule has 128 valence electrons. The van der Waals surface area contributed by atoms with Crippen LogP contribution in [-0.4, -0.2) is 17.8 Å². The first-order valence-electron chi connectivity index (χ1n) is 9.55. The number of rotatable bonds is 2. The lowest BCUT2D eigenvalue weighted by Crippen LogP contribution is -2.57. The number of benzene rings is 1. The van der Waals surface area contributed by atoms with E-state index in [1.54, 1.807) is 0 Å². The van der Waals surface area contributed by atoms with Crippen LogP contribution in [0.2, 0.25) is 0 Å². The molecule has 2 amide bonds. The highest BCUT2D eigenvalue weighted by molar-refractivity contribution is 7.99. The SMILES string of the molecule is O=C(NC1CCSc2ccccc21)NC1C2CC3CC(C2)CC1C3. The normalized spacial score (nSPS) is 39.3. The number of nitrogens with one attached hydrogen (secondary N) is 2. The largest absolute Gasteiger partial charge is 0.335 e. The van der Waals surface area contributed by atoms with Crippen molar-refractivity contribution in [3.05, 3.63) is 29.8 Å². The molecule has 2 N–H and O–H groups in total. The van der Waals surface area contributed by atoms with Crippen LogP contribution in [-0.2, 0) is 0 Å². The summed E-state index contributed by atoms with van der Waals surface area (Å²) in [5.74, 6) is 4.47. The smallest absolute Gasteiger partial charge is 0.315 e. The molecule has 1 unspecified atom stereocenters. The number of carbonyl (C=O) groups excluding carboxylic acids is 1. The second-order valence-corrected chi connectivity index (χ2v) is 9.44. The van der Waals surface area contributed by atoms with Gasteiger partial charge in [-0.05, 0) is 73.8 Å². The van der Waals surface area contributed by atoms with Crippen LogP contribution in [0.15, 0.2) is 29.2 Å². The summed E-state index contributed by atoms with van der Waals surface area (Å²) in [6.45, 7) is 0. The third kappa shape index (κ3) is 2.63. The van der Waals surface area contributed by atoms with Gasteiger partial charge >= 0.3 is 6.03 Å². The van der Waals surface area contributed by atoms with E-state index in [4.69, 9.17) is 0 Å². The molecule has 4 heteroatoms. The lowest BCUT2D eigenvalue weighted by molar-refractivity contribution is -0.00953. The van der Waals surface area contributed by atoms with E-state index < -0.39 is 0 Å². The Balaban J connectivity index is 1.26. The molecule has 4 saturated carbocycles. The summed E-state index contributed by atoms with van der Waals surface area (Å²) in [5.41, 5.74) is 1.29. The van der Waals surface area contributed by atoms with Crippen LogP contribution in [0.1, 0.15) is 50.1 Å². The van der Waals surface area contributed by atoms with E-state index in [0.29, 0.717) is 6.04 Å². The van der Waals surface area contributed by atoms with Gasteiger partial charge in [-0.1, -0.05) is 18.2 Å². The highest BCUT2D eigenvalue weighted by atomic mass is 32.2. The summed E-state index contributed by atoms with van der Waals surface area (Å²) in [4.78, 5) is 14.0. The zero-order chi connectivity index (χ0) is 16.1. The molecular weight excluding hydrogens is 316 g/mol. The molecule has 0 spiro atoms. The van der Waals surface area contributed by atoms with Crippen molar-refractivity contribution in [1.29, 1.82) is 0 Å². The second-order valence-electron chi connectivity index (χ2n) is 8.30. The van der Waals surface area contributed by atoms with Gasteiger partial charge in [0.05, 0.1) is 6.04 Å². The van der Waals surface area contributed by atoms with Crippen molar-refractivity contribution in [1.82, 2.24) is 10.6 Å². The molecule has 4 bridgehead atoms. The highest BCUT2D eigenvalue weighted by Gasteiger charge is 2.48. The lowest BCUT2D eigenvalue weighted by Gasteiger charge is -2.54. The van der Waals surface area contributed by atoms with Crippen LogP contribution in [0, 0.1) is 23.7 Å². The molecule has 1 aromatic rings. The van der Waals surface area contributed by atoms with Gasteiger partial charge in [-0.3, -0.25) is 0 Å². The van der Waals surface area contributed by atoms with Crippen LogP contribution in [0.4, 0.5) is 4.79 Å². The first kappa shape index (κ1) is 15.1. The molecule has 1 aliphatic heterocycles. The summed E-state index contributed by atoms with van der Waals surface area (Å²) in [6.07, 6.45) is 7.88. The summed E-state index contributed by atoms with van der Waals surface area (Å²) >= 11 is 1.90. The Morgan fingerprint density at radius 2 is 1.67 bits per heavy atom. The molecule has 1 atom stereocenters. The zero-order valence-corrected chi connectivity index (χ0v) is 14.9. The predicted octanol–water partition coefficient (Wildman–Crippen LogP) is 4.35. The monoisotopic (exact) mass is 342 g/mol. The fourth-order valence-corrected chi connectivity index (χ4v) is 7.13. The highest BCUT2D eigenvalue weighted by Crippen LogP contribution is 2.53. The molecule has 1 aromatic carbocycles. The molecule has 4 fully saturated rings. The quantitative estimate of drug-likeness (QED) is 0.839. The number of carbonyl (C=O) groups is 1. The molecule has 24 heavy (non-hydrogen) atoms. The predicted molar refractivity (Wildman–Crippen MR) is 97.0 cm³/mol. The maximum atomic E-state index is 12.7. The van der Waals surface area contributed by atoms with Gasteiger partial charge in [-0.15, -0.1) is 11.8 Å². The zero-order valence-electron chi connectivity index (χ0n) is 14.0. The van der Waals surface area contributed by atoms with E-state index in [1.807, 2.05) is 11.8 Å². The van der Waals surface area contributed by atoms with E-state index in [2.05, 4.69) is 34.9 Å². The van der Waals surface area contributed by atoms with Gasteiger partial charge in [0, 0.05) is 16.7 Å². The Hall–Kier alpha value is -1.16. The van der Waals surface area contributed by atoms with Crippen molar-refractivity contribution < 1.29 is 4.79 Å². The standard InChI is InChI=1S/C20H26N2OS/c23-20(21-17-5-6-24-18-4-2-1-3-16(17)18)22-19-14-8-12-7-13(10-14)11-15(19)9-12/h1-4,12-15,17,19H,5-11H2,(H2,21,22,23).